The molecule has 1 aromatic carbocycles. The number of hydrogen-bond donors (Lipinski definition) is 2. The van der Waals surface area contributed by atoms with E-state index in [0.29, 0.717) is 40.5 Å². The molecule has 10 nitrogen and oxygen atoms in total. The fourth-order valence-electron chi connectivity index (χ4n) is 3.78. The lowest BCUT2D eigenvalue weighted by atomic mass is 10.0. The summed E-state index contributed by atoms with van der Waals surface area (Å²) in [5, 5.41) is 28.0. The van der Waals surface area contributed by atoms with Crippen LogP contribution in [0.1, 0.15) is 13.8 Å². The molecule has 1 atom stereocenters. The number of aromatic nitrogens is 7. The number of nitrogens with zero attached hydrogens (tertiary/aromatic N) is 8. The Morgan fingerprint density at radius 1 is 1.13 bits per heavy atom. The van der Waals surface area contributed by atoms with Gasteiger partial charge in [-0.3, -0.25) is 0 Å². The van der Waals surface area contributed by atoms with Gasteiger partial charge >= 0.3 is 0 Å². The van der Waals surface area contributed by atoms with Gasteiger partial charge in [0.15, 0.2) is 5.65 Å². The Morgan fingerprint density at radius 3 is 2.81 bits per heavy atom. The second kappa shape index (κ2) is 7.88. The molecule has 1 aliphatic rings. The number of anilines is 1. The van der Waals surface area contributed by atoms with Crippen molar-refractivity contribution in [2.75, 3.05) is 24.5 Å². The average molecular weight is 417 g/mol. The van der Waals surface area contributed by atoms with Gasteiger partial charge < -0.3 is 15.3 Å². The van der Waals surface area contributed by atoms with Gasteiger partial charge in [0, 0.05) is 43.5 Å². The van der Waals surface area contributed by atoms with Gasteiger partial charge in [0.1, 0.15) is 17.8 Å². The van der Waals surface area contributed by atoms with Gasteiger partial charge in [0.2, 0.25) is 5.95 Å². The van der Waals surface area contributed by atoms with Crippen molar-refractivity contribution in [1.29, 1.82) is 0 Å². The molecular weight excluding hydrogens is 394 g/mol. The van der Waals surface area contributed by atoms with Crippen LogP contribution in [0.25, 0.3) is 28.0 Å². The Bertz CT molecular complexity index is 1210. The van der Waals surface area contributed by atoms with Crippen LogP contribution in [-0.2, 0) is 0 Å². The lowest BCUT2D eigenvalue weighted by Crippen LogP contribution is -2.53. The monoisotopic (exact) mass is 417 g/mol. The maximum absolute atomic E-state index is 10.6. The van der Waals surface area contributed by atoms with Crippen LogP contribution in [-0.4, -0.2) is 65.7 Å². The van der Waals surface area contributed by atoms with E-state index in [1.165, 1.54) is 6.33 Å². The number of phenols is 1. The SMILES string of the molecule is CC(C)[C@H]1CN(c2ncc(-c3ccc(-n4ncc5cncnc54)cc3O)nn2)CCN1. The zero-order valence-electron chi connectivity index (χ0n) is 17.3. The van der Waals surface area contributed by atoms with Crippen LogP contribution in [0.3, 0.4) is 0 Å². The maximum atomic E-state index is 10.6. The van der Waals surface area contributed by atoms with Crippen LogP contribution in [0.15, 0.2) is 43.1 Å². The van der Waals surface area contributed by atoms with E-state index in [1.54, 1.807) is 35.4 Å². The molecule has 1 fully saturated rings. The first-order valence-electron chi connectivity index (χ1n) is 10.3. The maximum Gasteiger partial charge on any atom is 0.245 e. The van der Waals surface area contributed by atoms with Crippen molar-refractivity contribution in [1.82, 2.24) is 40.2 Å². The topological polar surface area (TPSA) is 118 Å². The van der Waals surface area contributed by atoms with E-state index in [-0.39, 0.29) is 5.75 Å². The molecule has 0 saturated carbocycles. The molecule has 5 rings (SSSR count). The summed E-state index contributed by atoms with van der Waals surface area (Å²) < 4.78 is 1.66. The molecule has 10 heteroatoms. The van der Waals surface area contributed by atoms with Gasteiger partial charge in [-0.15, -0.1) is 10.2 Å². The van der Waals surface area contributed by atoms with Gasteiger partial charge in [-0.25, -0.2) is 19.6 Å². The van der Waals surface area contributed by atoms with Crippen molar-refractivity contribution in [3.63, 3.8) is 0 Å². The molecule has 2 N–H and O–H groups in total. The Hall–Kier alpha value is -3.66. The molecule has 4 aromatic rings. The Morgan fingerprint density at radius 2 is 2.03 bits per heavy atom. The second-order valence-electron chi connectivity index (χ2n) is 7.95. The quantitative estimate of drug-likeness (QED) is 0.512. The Labute approximate surface area is 179 Å². The van der Waals surface area contributed by atoms with Crippen LogP contribution in [0, 0.1) is 5.92 Å². The van der Waals surface area contributed by atoms with Crippen LogP contribution >= 0.6 is 0 Å². The first-order chi connectivity index (χ1) is 15.1. The van der Waals surface area contributed by atoms with Crippen molar-refractivity contribution in [2.45, 2.75) is 19.9 Å². The Kier molecular flexibility index (Phi) is 4.91. The van der Waals surface area contributed by atoms with Crippen molar-refractivity contribution in [2.24, 2.45) is 5.92 Å². The molecule has 0 aliphatic carbocycles. The molecule has 1 aliphatic heterocycles. The summed E-state index contributed by atoms with van der Waals surface area (Å²) in [5.74, 6) is 1.21. The summed E-state index contributed by atoms with van der Waals surface area (Å²) in [7, 11) is 0. The zero-order valence-corrected chi connectivity index (χ0v) is 17.3. The first kappa shape index (κ1) is 19.3. The second-order valence-corrected chi connectivity index (χ2v) is 7.95. The predicted molar refractivity (Wildman–Crippen MR) is 116 cm³/mol. The minimum Gasteiger partial charge on any atom is -0.507 e. The minimum atomic E-state index is 0.0705. The minimum absolute atomic E-state index is 0.0705. The molecule has 0 bridgehead atoms. The van der Waals surface area contributed by atoms with Crippen LogP contribution < -0.4 is 10.2 Å². The molecule has 4 heterocycles. The molecule has 0 unspecified atom stereocenters. The number of rotatable bonds is 4. The number of aromatic hydroxyl groups is 1. The zero-order chi connectivity index (χ0) is 21.4. The van der Waals surface area contributed by atoms with E-state index >= 15 is 0 Å². The third-order valence-electron chi connectivity index (χ3n) is 5.58. The van der Waals surface area contributed by atoms with Crippen LogP contribution in [0.4, 0.5) is 5.95 Å². The molecule has 0 spiro atoms. The van der Waals surface area contributed by atoms with E-state index < -0.39 is 0 Å². The van der Waals surface area contributed by atoms with Crippen molar-refractivity contribution >= 4 is 17.0 Å². The fraction of sp³-hybridized carbons (Fsp3) is 0.333. The first-order valence-corrected chi connectivity index (χ1v) is 10.3. The van der Waals surface area contributed by atoms with Crippen LogP contribution in [0.5, 0.6) is 5.75 Å². The van der Waals surface area contributed by atoms with Gasteiger partial charge in [-0.1, -0.05) is 13.8 Å². The number of phenolic OH excluding ortho intramolecular Hbond substituents is 1. The third-order valence-corrected chi connectivity index (χ3v) is 5.58. The van der Waals surface area contributed by atoms with Gasteiger partial charge in [0.25, 0.3) is 0 Å². The number of benzene rings is 1. The highest BCUT2D eigenvalue weighted by Crippen LogP contribution is 2.30. The smallest absolute Gasteiger partial charge is 0.245 e. The molecular formula is C21H23N9O. The van der Waals surface area contributed by atoms with E-state index in [1.807, 2.05) is 6.07 Å². The summed E-state index contributed by atoms with van der Waals surface area (Å²) in [4.78, 5) is 14.9. The molecule has 31 heavy (non-hydrogen) atoms. The highest BCUT2D eigenvalue weighted by molar-refractivity contribution is 5.76. The summed E-state index contributed by atoms with van der Waals surface area (Å²) in [6.45, 7) is 6.98. The number of fused-ring (bicyclic) bond motifs is 1. The van der Waals surface area contributed by atoms with Gasteiger partial charge in [-0.05, 0) is 18.1 Å². The van der Waals surface area contributed by atoms with E-state index in [2.05, 4.69) is 54.3 Å². The lowest BCUT2D eigenvalue weighted by Gasteiger charge is -2.35. The summed E-state index contributed by atoms with van der Waals surface area (Å²) >= 11 is 0. The van der Waals surface area contributed by atoms with Crippen molar-refractivity contribution in [3.8, 4) is 22.7 Å². The number of piperazine rings is 1. The Balaban J connectivity index is 1.39. The number of hydrogen-bond acceptors (Lipinski definition) is 9. The number of nitrogens with one attached hydrogen (secondary N) is 1. The third kappa shape index (κ3) is 3.66. The van der Waals surface area contributed by atoms with Crippen LogP contribution in [0.2, 0.25) is 0 Å². The summed E-state index contributed by atoms with van der Waals surface area (Å²) in [6.07, 6.45) is 6.51. The molecule has 158 valence electrons. The molecule has 1 saturated heterocycles. The van der Waals surface area contributed by atoms with E-state index in [4.69, 9.17) is 0 Å². The highest BCUT2D eigenvalue weighted by atomic mass is 16.3. The standard InChI is InChI=1S/C21H23N9O/c1-13(2)18-11-29(6-5-23-18)21-24-10-17(27-28-21)16-4-3-15(7-19(16)31)30-20-14(9-26-30)8-22-12-25-20/h3-4,7-10,12-13,18,23,31H,5-6,11H2,1-2H3/t18-/m1/s1. The van der Waals surface area contributed by atoms with E-state index in [0.717, 1.165) is 25.0 Å². The normalized spacial score (nSPS) is 16.9. The van der Waals surface area contributed by atoms with Gasteiger partial charge in [-0.2, -0.15) is 5.10 Å². The largest absolute Gasteiger partial charge is 0.507 e. The molecule has 0 radical (unpaired) electrons. The van der Waals surface area contributed by atoms with Gasteiger partial charge in [0.05, 0.1) is 23.5 Å². The average Bonchev–Trinajstić information content (AvgIpc) is 3.23. The van der Waals surface area contributed by atoms with Crippen molar-refractivity contribution in [3.05, 3.63) is 43.1 Å². The lowest BCUT2D eigenvalue weighted by molar-refractivity contribution is 0.365. The summed E-state index contributed by atoms with van der Waals surface area (Å²) in [5.41, 5.74) is 2.43. The molecule has 3 aromatic heterocycles. The summed E-state index contributed by atoms with van der Waals surface area (Å²) in [6, 6.07) is 5.66. The predicted octanol–water partition coefficient (Wildman–Crippen LogP) is 1.81. The van der Waals surface area contributed by atoms with E-state index in [9.17, 15) is 5.11 Å². The fourth-order valence-corrected chi connectivity index (χ4v) is 3.78. The highest BCUT2D eigenvalue weighted by Gasteiger charge is 2.23. The van der Waals surface area contributed by atoms with Crippen molar-refractivity contribution < 1.29 is 5.11 Å². The molecule has 0 amide bonds.